The van der Waals surface area contributed by atoms with Gasteiger partial charge in [0.05, 0.1) is 7.11 Å². The maximum atomic E-state index is 11.4. The van der Waals surface area contributed by atoms with E-state index >= 15 is 0 Å². The lowest BCUT2D eigenvalue weighted by molar-refractivity contribution is -0.159. The van der Waals surface area contributed by atoms with Crippen molar-refractivity contribution < 1.29 is 19.1 Å². The van der Waals surface area contributed by atoms with Gasteiger partial charge in [-0.3, -0.25) is 9.59 Å². The lowest BCUT2D eigenvalue weighted by atomic mass is 10.2. The number of hydrogen-bond donors (Lipinski definition) is 0. The molecule has 0 amide bonds. The first-order chi connectivity index (χ1) is 6.93. The zero-order valence-corrected chi connectivity index (χ0v) is 12.0. The van der Waals surface area contributed by atoms with E-state index in [1.54, 1.807) is 0 Å². The minimum Gasteiger partial charge on any atom is -0.468 e. The standard InChI is InChI=1S/C7H8Cl3IO4/c1-14-6(12)3(2-11)7(13)15-5(10)4(8)9/h3-5H,2H2,1H3. The van der Waals surface area contributed by atoms with Gasteiger partial charge >= 0.3 is 11.9 Å². The van der Waals surface area contributed by atoms with Crippen LogP contribution in [0.4, 0.5) is 0 Å². The topological polar surface area (TPSA) is 52.6 Å². The Balaban J connectivity index is 4.34. The van der Waals surface area contributed by atoms with Crippen LogP contribution in [-0.2, 0) is 19.1 Å². The number of methoxy groups -OCH3 is 1. The average molecular weight is 389 g/mol. The number of halogens is 4. The molecule has 0 aliphatic carbocycles. The number of hydrogen-bond acceptors (Lipinski definition) is 4. The van der Waals surface area contributed by atoms with E-state index in [1.165, 1.54) is 7.11 Å². The monoisotopic (exact) mass is 388 g/mol. The molecule has 0 N–H and O–H groups in total. The second-order valence-electron chi connectivity index (χ2n) is 2.35. The first-order valence-electron chi connectivity index (χ1n) is 3.70. The smallest absolute Gasteiger partial charge is 0.322 e. The van der Waals surface area contributed by atoms with Gasteiger partial charge in [0.15, 0.2) is 10.8 Å². The molecule has 0 spiro atoms. The van der Waals surface area contributed by atoms with Crippen LogP contribution >= 0.6 is 57.4 Å². The largest absolute Gasteiger partial charge is 0.468 e. The van der Waals surface area contributed by atoms with Crippen LogP contribution in [0.1, 0.15) is 0 Å². The Hall–Kier alpha value is 0.540. The van der Waals surface area contributed by atoms with Crippen LogP contribution in [0.2, 0.25) is 0 Å². The Bertz CT molecular complexity index is 236. The van der Waals surface area contributed by atoms with Crippen LogP contribution in [0, 0.1) is 5.92 Å². The summed E-state index contributed by atoms with van der Waals surface area (Å²) in [4.78, 5) is 21.4. The quantitative estimate of drug-likeness (QED) is 0.313. The number of carbonyl (C=O) groups is 2. The van der Waals surface area contributed by atoms with E-state index < -0.39 is 28.3 Å². The van der Waals surface area contributed by atoms with Gasteiger partial charge in [-0.2, -0.15) is 0 Å². The van der Waals surface area contributed by atoms with Crippen LogP contribution < -0.4 is 0 Å². The summed E-state index contributed by atoms with van der Waals surface area (Å²) >= 11 is 18.1. The molecule has 0 heterocycles. The molecule has 0 radical (unpaired) electrons. The highest BCUT2D eigenvalue weighted by molar-refractivity contribution is 14.1. The molecule has 0 bridgehead atoms. The molecule has 15 heavy (non-hydrogen) atoms. The molecule has 0 rings (SSSR count). The summed E-state index contributed by atoms with van der Waals surface area (Å²) in [5.41, 5.74) is -1.18. The molecule has 2 atom stereocenters. The summed E-state index contributed by atoms with van der Waals surface area (Å²) in [6.07, 6.45) is 0. The molecule has 0 saturated carbocycles. The highest BCUT2D eigenvalue weighted by Crippen LogP contribution is 2.18. The second kappa shape index (κ2) is 7.76. The van der Waals surface area contributed by atoms with Crippen molar-refractivity contribution in [2.24, 2.45) is 5.92 Å². The lowest BCUT2D eigenvalue weighted by Crippen LogP contribution is -2.31. The normalized spacial score (nSPS) is 14.5. The van der Waals surface area contributed by atoms with E-state index in [-0.39, 0.29) is 4.43 Å². The van der Waals surface area contributed by atoms with E-state index in [4.69, 9.17) is 34.8 Å². The molecule has 0 aliphatic rings. The van der Waals surface area contributed by atoms with Gasteiger partial charge in [0.25, 0.3) is 0 Å². The third kappa shape index (κ3) is 5.42. The fraction of sp³-hybridized carbons (Fsp3) is 0.714. The van der Waals surface area contributed by atoms with Crippen molar-refractivity contribution in [2.75, 3.05) is 11.5 Å². The molecule has 0 fully saturated rings. The van der Waals surface area contributed by atoms with E-state index in [2.05, 4.69) is 9.47 Å². The number of esters is 2. The Morgan fingerprint density at radius 2 is 1.80 bits per heavy atom. The molecule has 4 nitrogen and oxygen atoms in total. The molecular weight excluding hydrogens is 381 g/mol. The number of rotatable bonds is 5. The molecule has 0 aromatic heterocycles. The van der Waals surface area contributed by atoms with Crippen LogP contribution in [0.25, 0.3) is 0 Å². The van der Waals surface area contributed by atoms with Crippen LogP contribution in [0.15, 0.2) is 0 Å². The van der Waals surface area contributed by atoms with Gasteiger partial charge in [0.2, 0.25) is 5.56 Å². The molecule has 88 valence electrons. The zero-order valence-electron chi connectivity index (χ0n) is 7.58. The Labute approximate surface area is 116 Å². The Kier molecular flexibility index (Phi) is 8.03. The highest BCUT2D eigenvalue weighted by Gasteiger charge is 2.31. The van der Waals surface area contributed by atoms with E-state index in [1.807, 2.05) is 22.6 Å². The highest BCUT2D eigenvalue weighted by atomic mass is 127. The summed E-state index contributed by atoms with van der Waals surface area (Å²) in [7, 11) is 1.18. The third-order valence-electron chi connectivity index (χ3n) is 1.35. The van der Waals surface area contributed by atoms with Gasteiger partial charge in [-0.15, -0.1) is 0 Å². The van der Waals surface area contributed by atoms with Gasteiger partial charge < -0.3 is 9.47 Å². The predicted molar refractivity (Wildman–Crippen MR) is 65.6 cm³/mol. The fourth-order valence-electron chi connectivity index (χ4n) is 0.609. The average Bonchev–Trinajstić information content (AvgIpc) is 2.18. The van der Waals surface area contributed by atoms with Crippen LogP contribution in [0.5, 0.6) is 0 Å². The van der Waals surface area contributed by atoms with Crippen molar-refractivity contribution in [1.29, 1.82) is 0 Å². The van der Waals surface area contributed by atoms with Gasteiger partial charge in [0, 0.05) is 4.43 Å². The fourth-order valence-corrected chi connectivity index (χ4v) is 1.52. The number of carbonyl (C=O) groups excluding carboxylic acids is 2. The number of ether oxygens (including phenoxy) is 2. The van der Waals surface area contributed by atoms with Crippen molar-refractivity contribution in [3.05, 3.63) is 0 Å². The molecule has 2 unspecified atom stereocenters. The van der Waals surface area contributed by atoms with Crippen molar-refractivity contribution in [1.82, 2.24) is 0 Å². The third-order valence-corrected chi connectivity index (χ3v) is 3.29. The molecule has 8 heteroatoms. The molecule has 0 aliphatic heterocycles. The SMILES string of the molecule is COC(=O)C(CI)C(=O)OC(Cl)C(Cl)Cl. The van der Waals surface area contributed by atoms with Gasteiger partial charge in [0.1, 0.15) is 0 Å². The van der Waals surface area contributed by atoms with Crippen molar-refractivity contribution in [3.63, 3.8) is 0 Å². The summed E-state index contributed by atoms with van der Waals surface area (Å²) in [6, 6.07) is 0. The number of alkyl halides is 4. The summed E-state index contributed by atoms with van der Waals surface area (Å²) in [5.74, 6) is -2.49. The first kappa shape index (κ1) is 15.5. The van der Waals surface area contributed by atoms with Gasteiger partial charge in [-0.25, -0.2) is 0 Å². The Morgan fingerprint density at radius 1 is 1.27 bits per heavy atom. The minimum atomic E-state index is -1.18. The van der Waals surface area contributed by atoms with Crippen molar-refractivity contribution in [3.8, 4) is 0 Å². The van der Waals surface area contributed by atoms with E-state index in [9.17, 15) is 9.59 Å². The summed E-state index contributed by atoms with van der Waals surface area (Å²) in [5, 5.41) is 0. The van der Waals surface area contributed by atoms with E-state index in [0.29, 0.717) is 0 Å². The van der Waals surface area contributed by atoms with E-state index in [0.717, 1.165) is 0 Å². The van der Waals surface area contributed by atoms with Crippen molar-refractivity contribution >= 4 is 69.3 Å². The maximum absolute atomic E-state index is 11.4. The molecule has 0 aromatic rings. The van der Waals surface area contributed by atoms with Crippen LogP contribution in [-0.4, -0.2) is 33.9 Å². The maximum Gasteiger partial charge on any atom is 0.322 e. The van der Waals surface area contributed by atoms with Crippen molar-refractivity contribution in [2.45, 2.75) is 10.4 Å². The molecule has 0 saturated heterocycles. The zero-order chi connectivity index (χ0) is 12.0. The second-order valence-corrected chi connectivity index (χ2v) is 4.83. The first-order valence-corrected chi connectivity index (χ1v) is 6.54. The molecule has 0 aromatic carbocycles. The summed E-state index contributed by atoms with van der Waals surface area (Å²) in [6.45, 7) is 0. The Morgan fingerprint density at radius 3 is 2.13 bits per heavy atom. The molecular formula is C7H8Cl3IO4. The predicted octanol–water partition coefficient (Wildman–Crippen LogP) is 2.12. The van der Waals surface area contributed by atoms with Gasteiger partial charge in [-0.05, 0) is 0 Å². The lowest BCUT2D eigenvalue weighted by Gasteiger charge is -2.15. The van der Waals surface area contributed by atoms with Crippen LogP contribution in [0.3, 0.4) is 0 Å². The summed E-state index contributed by atoms with van der Waals surface area (Å²) < 4.78 is 9.28. The van der Waals surface area contributed by atoms with Gasteiger partial charge in [-0.1, -0.05) is 57.4 Å². The minimum absolute atomic E-state index is 0.224.